The molecule has 0 radical (unpaired) electrons. The number of hydrogen-bond donors (Lipinski definition) is 2. The quantitative estimate of drug-likeness (QED) is 0.566. The van der Waals surface area contributed by atoms with Gasteiger partial charge >= 0.3 is 0 Å². The molecule has 0 unspecified atom stereocenters. The van der Waals surface area contributed by atoms with Crippen molar-refractivity contribution in [2.24, 2.45) is 5.73 Å². The Labute approximate surface area is 88.9 Å². The highest BCUT2D eigenvalue weighted by atomic mass is 32.2. The van der Waals surface area contributed by atoms with E-state index in [9.17, 15) is 8.42 Å². The molecule has 0 aliphatic carbocycles. The Morgan fingerprint density at radius 2 is 1.80 bits per heavy atom. The van der Waals surface area contributed by atoms with Crippen molar-refractivity contribution in [2.75, 3.05) is 18.2 Å². The number of anilines is 1. The number of nitrogens with zero attached hydrogens (tertiary/aromatic N) is 1. The molecule has 1 aromatic rings. The van der Waals surface area contributed by atoms with Gasteiger partial charge < -0.3 is 10.6 Å². The second-order valence-electron chi connectivity index (χ2n) is 3.21. The van der Waals surface area contributed by atoms with Crippen LogP contribution in [0.15, 0.2) is 29.2 Å². The standard InChI is InChI=1S/C9H13N3O2S/c1-12(9(10)11)7-3-5-8(6-4-7)15(2,13)14/h3-6H,1-2H3,(H3,10,11). The van der Waals surface area contributed by atoms with E-state index in [-0.39, 0.29) is 10.9 Å². The molecule has 0 amide bonds. The monoisotopic (exact) mass is 227 g/mol. The van der Waals surface area contributed by atoms with Crippen LogP contribution in [0.25, 0.3) is 0 Å². The van der Waals surface area contributed by atoms with E-state index in [2.05, 4.69) is 0 Å². The van der Waals surface area contributed by atoms with Crippen LogP contribution < -0.4 is 10.6 Å². The summed E-state index contributed by atoms with van der Waals surface area (Å²) >= 11 is 0. The van der Waals surface area contributed by atoms with Gasteiger partial charge in [0, 0.05) is 19.0 Å². The maximum absolute atomic E-state index is 11.2. The van der Waals surface area contributed by atoms with Crippen molar-refractivity contribution in [3.63, 3.8) is 0 Å². The first kappa shape index (κ1) is 11.5. The van der Waals surface area contributed by atoms with Crippen molar-refractivity contribution in [3.8, 4) is 0 Å². The molecule has 0 spiro atoms. The third-order valence-corrected chi connectivity index (χ3v) is 3.14. The van der Waals surface area contributed by atoms with Crippen molar-refractivity contribution in [1.82, 2.24) is 0 Å². The Morgan fingerprint density at radius 3 is 2.13 bits per heavy atom. The number of guanidine groups is 1. The SMILES string of the molecule is CN(C(=N)N)c1ccc(S(C)(=O)=O)cc1. The lowest BCUT2D eigenvalue weighted by atomic mass is 10.3. The molecular formula is C9H13N3O2S. The second-order valence-corrected chi connectivity index (χ2v) is 5.23. The van der Waals surface area contributed by atoms with E-state index >= 15 is 0 Å². The molecule has 0 bridgehead atoms. The average molecular weight is 227 g/mol. The van der Waals surface area contributed by atoms with E-state index in [4.69, 9.17) is 11.1 Å². The molecule has 0 aliphatic rings. The molecule has 0 saturated heterocycles. The van der Waals surface area contributed by atoms with Gasteiger partial charge in [0.25, 0.3) is 0 Å². The Bertz CT molecular complexity index is 465. The van der Waals surface area contributed by atoms with Gasteiger partial charge in [0.15, 0.2) is 15.8 Å². The van der Waals surface area contributed by atoms with Gasteiger partial charge in [0.05, 0.1) is 4.90 Å². The van der Waals surface area contributed by atoms with Gasteiger partial charge in [0.1, 0.15) is 0 Å². The molecule has 0 aliphatic heterocycles. The van der Waals surface area contributed by atoms with Gasteiger partial charge in [0.2, 0.25) is 0 Å². The molecule has 0 fully saturated rings. The first-order valence-electron chi connectivity index (χ1n) is 4.20. The molecule has 82 valence electrons. The molecule has 6 heteroatoms. The first-order valence-corrected chi connectivity index (χ1v) is 6.09. The first-order chi connectivity index (χ1) is 6.82. The molecule has 0 aromatic heterocycles. The fourth-order valence-electron chi connectivity index (χ4n) is 1.06. The van der Waals surface area contributed by atoms with Crippen LogP contribution in [0.5, 0.6) is 0 Å². The molecule has 0 atom stereocenters. The van der Waals surface area contributed by atoms with Gasteiger partial charge in [-0.1, -0.05) is 0 Å². The molecular weight excluding hydrogens is 214 g/mol. The number of benzene rings is 1. The van der Waals surface area contributed by atoms with Crippen LogP contribution in [0.4, 0.5) is 5.69 Å². The van der Waals surface area contributed by atoms with Crippen molar-refractivity contribution in [2.45, 2.75) is 4.90 Å². The summed E-state index contributed by atoms with van der Waals surface area (Å²) in [5.74, 6) is -0.0953. The predicted octanol–water partition coefficient (Wildman–Crippen LogP) is 0.420. The van der Waals surface area contributed by atoms with E-state index in [1.54, 1.807) is 19.2 Å². The number of rotatable bonds is 2. The maximum atomic E-state index is 11.2. The van der Waals surface area contributed by atoms with Crippen LogP contribution in [0.3, 0.4) is 0 Å². The molecule has 3 N–H and O–H groups in total. The summed E-state index contributed by atoms with van der Waals surface area (Å²) in [6, 6.07) is 6.20. The smallest absolute Gasteiger partial charge is 0.192 e. The average Bonchev–Trinajstić information content (AvgIpc) is 2.15. The Kier molecular flexibility index (Phi) is 2.99. The van der Waals surface area contributed by atoms with Crippen molar-refractivity contribution in [1.29, 1.82) is 5.41 Å². The fourth-order valence-corrected chi connectivity index (χ4v) is 1.69. The lowest BCUT2D eigenvalue weighted by Crippen LogP contribution is -2.32. The van der Waals surface area contributed by atoms with Crippen molar-refractivity contribution < 1.29 is 8.42 Å². The Hall–Kier alpha value is -1.56. The molecule has 5 nitrogen and oxygen atoms in total. The zero-order valence-corrected chi connectivity index (χ0v) is 9.38. The summed E-state index contributed by atoms with van der Waals surface area (Å²) in [5.41, 5.74) is 5.96. The van der Waals surface area contributed by atoms with Crippen molar-refractivity contribution in [3.05, 3.63) is 24.3 Å². The van der Waals surface area contributed by atoms with Crippen LogP contribution in [-0.4, -0.2) is 27.7 Å². The minimum absolute atomic E-state index is 0.0953. The molecule has 0 heterocycles. The predicted molar refractivity (Wildman–Crippen MR) is 59.9 cm³/mol. The van der Waals surface area contributed by atoms with Crippen LogP contribution in [0.2, 0.25) is 0 Å². The topological polar surface area (TPSA) is 87.2 Å². The summed E-state index contributed by atoms with van der Waals surface area (Å²) in [7, 11) is -1.53. The van der Waals surface area contributed by atoms with Crippen LogP contribution in [0.1, 0.15) is 0 Å². The molecule has 1 aromatic carbocycles. The van der Waals surface area contributed by atoms with Gasteiger partial charge in [-0.05, 0) is 24.3 Å². The lowest BCUT2D eigenvalue weighted by Gasteiger charge is -2.16. The summed E-state index contributed by atoms with van der Waals surface area (Å²) in [6.45, 7) is 0. The third-order valence-electron chi connectivity index (χ3n) is 2.01. The van der Waals surface area contributed by atoms with E-state index in [0.717, 1.165) is 6.26 Å². The van der Waals surface area contributed by atoms with E-state index in [0.29, 0.717) is 5.69 Å². The highest BCUT2D eigenvalue weighted by molar-refractivity contribution is 7.90. The van der Waals surface area contributed by atoms with Crippen LogP contribution in [0, 0.1) is 5.41 Å². The van der Waals surface area contributed by atoms with Gasteiger partial charge in [-0.2, -0.15) is 0 Å². The summed E-state index contributed by atoms with van der Waals surface area (Å²) in [4.78, 5) is 1.70. The normalized spacial score (nSPS) is 11.1. The summed E-state index contributed by atoms with van der Waals surface area (Å²) in [6.07, 6.45) is 1.15. The fraction of sp³-hybridized carbons (Fsp3) is 0.222. The van der Waals surface area contributed by atoms with E-state index in [1.165, 1.54) is 17.0 Å². The summed E-state index contributed by atoms with van der Waals surface area (Å²) in [5, 5.41) is 7.20. The molecule has 15 heavy (non-hydrogen) atoms. The summed E-state index contributed by atoms with van der Waals surface area (Å²) < 4.78 is 22.3. The second kappa shape index (κ2) is 3.90. The number of nitrogens with two attached hydrogens (primary N) is 1. The van der Waals surface area contributed by atoms with Crippen LogP contribution in [-0.2, 0) is 9.84 Å². The minimum Gasteiger partial charge on any atom is -0.370 e. The van der Waals surface area contributed by atoms with Gasteiger partial charge in [-0.25, -0.2) is 8.42 Å². The zero-order valence-electron chi connectivity index (χ0n) is 8.56. The van der Waals surface area contributed by atoms with E-state index in [1.807, 2.05) is 0 Å². The van der Waals surface area contributed by atoms with E-state index < -0.39 is 9.84 Å². The highest BCUT2D eigenvalue weighted by Crippen LogP contribution is 2.16. The Balaban J connectivity index is 3.06. The zero-order chi connectivity index (χ0) is 11.6. The number of nitrogens with one attached hydrogen (secondary N) is 1. The van der Waals surface area contributed by atoms with Crippen molar-refractivity contribution >= 4 is 21.5 Å². The molecule has 0 saturated carbocycles. The lowest BCUT2D eigenvalue weighted by molar-refractivity contribution is 0.602. The highest BCUT2D eigenvalue weighted by Gasteiger charge is 2.08. The van der Waals surface area contributed by atoms with Gasteiger partial charge in [-0.15, -0.1) is 0 Å². The van der Waals surface area contributed by atoms with Crippen LogP contribution >= 0.6 is 0 Å². The number of hydrogen-bond acceptors (Lipinski definition) is 3. The number of sulfone groups is 1. The maximum Gasteiger partial charge on any atom is 0.192 e. The largest absolute Gasteiger partial charge is 0.370 e. The third kappa shape index (κ3) is 2.69. The molecule has 1 rings (SSSR count). The minimum atomic E-state index is -3.17. The Morgan fingerprint density at radius 1 is 1.33 bits per heavy atom. The van der Waals surface area contributed by atoms with Gasteiger partial charge in [-0.3, -0.25) is 5.41 Å².